The van der Waals surface area contributed by atoms with E-state index in [0.717, 1.165) is 39.8 Å². The normalized spacial score (nSPS) is 16.6. The SMILES string of the molecule is Nc1ccccc1NC(=O)CCCCCC(=O)NCc1cccc(-c2ccc(C3OC(CSc4ncccc4C(=O)O)CC(c4ccc(CO)cc4)O3)cc2)c1. The van der Waals surface area contributed by atoms with Crippen LogP contribution in [0.2, 0.25) is 0 Å². The Morgan fingerprint density at radius 3 is 2.29 bits per heavy atom. The minimum atomic E-state index is -1.03. The first-order valence-electron chi connectivity index (χ1n) is 18.7. The van der Waals surface area contributed by atoms with Gasteiger partial charge in [-0.15, -0.1) is 11.8 Å². The average molecular weight is 775 g/mol. The van der Waals surface area contributed by atoms with Gasteiger partial charge in [0.05, 0.1) is 35.8 Å². The Bertz CT molecular complexity index is 2090. The molecule has 2 amide bonds. The number of hydrogen-bond donors (Lipinski definition) is 5. The molecule has 12 heteroatoms. The first-order valence-corrected chi connectivity index (χ1v) is 19.7. The molecule has 6 N–H and O–H groups in total. The second-order valence-corrected chi connectivity index (χ2v) is 14.6. The van der Waals surface area contributed by atoms with E-state index in [2.05, 4.69) is 21.7 Å². The molecule has 0 bridgehead atoms. The third-order valence-electron chi connectivity index (χ3n) is 9.50. The summed E-state index contributed by atoms with van der Waals surface area (Å²) in [6.45, 7) is 0.357. The molecule has 2 heterocycles. The van der Waals surface area contributed by atoms with Crippen molar-refractivity contribution in [3.63, 3.8) is 0 Å². The van der Waals surface area contributed by atoms with Crippen molar-refractivity contribution in [1.29, 1.82) is 0 Å². The molecule has 6 rings (SSSR count). The van der Waals surface area contributed by atoms with Crippen LogP contribution in [0.4, 0.5) is 11.4 Å². The number of anilines is 2. The summed E-state index contributed by atoms with van der Waals surface area (Å²) in [5.41, 5.74) is 12.8. The standard InChI is InChI=1S/C44H46N4O7S/c45-37-11-4-5-12-38(37)48-41(51)14-3-1-2-13-40(50)47-26-30-8-6-9-34(24-30)31-19-21-33(22-20-31)44-54-35(28-56-42-36(43(52)53)10-7-23-46-42)25-39(55-44)32-17-15-29(27-49)16-18-32/h4-12,15-24,35,39,44,49H,1-3,13-14,25-28,45H2,(H,47,50)(H,48,51)(H,52,53). The number of nitrogens with zero attached hydrogens (tertiary/aromatic N) is 1. The van der Waals surface area contributed by atoms with Crippen LogP contribution in [0.3, 0.4) is 0 Å². The molecule has 290 valence electrons. The van der Waals surface area contributed by atoms with Gasteiger partial charge >= 0.3 is 5.97 Å². The van der Waals surface area contributed by atoms with Gasteiger partial charge in [0.25, 0.3) is 0 Å². The number of unbranched alkanes of at least 4 members (excludes halogenated alkanes) is 2. The van der Waals surface area contributed by atoms with E-state index in [-0.39, 0.29) is 36.2 Å². The first-order chi connectivity index (χ1) is 27.2. The number of aliphatic hydroxyl groups excluding tert-OH is 1. The lowest BCUT2D eigenvalue weighted by Gasteiger charge is -2.36. The number of carbonyl (C=O) groups is 3. The van der Waals surface area contributed by atoms with E-state index in [0.29, 0.717) is 60.8 Å². The maximum Gasteiger partial charge on any atom is 0.338 e. The molecule has 1 aromatic heterocycles. The number of benzene rings is 4. The molecule has 56 heavy (non-hydrogen) atoms. The van der Waals surface area contributed by atoms with Crippen molar-refractivity contribution in [1.82, 2.24) is 10.3 Å². The summed E-state index contributed by atoms with van der Waals surface area (Å²) in [7, 11) is 0. The van der Waals surface area contributed by atoms with E-state index >= 15 is 0 Å². The number of ether oxygens (including phenoxy) is 2. The predicted octanol–water partition coefficient (Wildman–Crippen LogP) is 8.06. The molecule has 1 fully saturated rings. The zero-order valence-corrected chi connectivity index (χ0v) is 31.8. The smallest absolute Gasteiger partial charge is 0.338 e. The van der Waals surface area contributed by atoms with Crippen LogP contribution in [0.15, 0.2) is 120 Å². The number of thioether (sulfide) groups is 1. The van der Waals surface area contributed by atoms with Crippen molar-refractivity contribution < 1.29 is 34.1 Å². The number of pyridine rings is 1. The molecule has 1 aliphatic heterocycles. The molecule has 0 saturated carbocycles. The summed E-state index contributed by atoms with van der Waals surface area (Å²) in [4.78, 5) is 40.9. The Balaban J connectivity index is 1.02. The molecule has 0 radical (unpaired) electrons. The minimum absolute atomic E-state index is 0.0320. The highest BCUT2D eigenvalue weighted by atomic mass is 32.2. The van der Waals surface area contributed by atoms with Gasteiger partial charge in [0.1, 0.15) is 5.03 Å². The van der Waals surface area contributed by atoms with Crippen LogP contribution in [-0.2, 0) is 32.2 Å². The van der Waals surface area contributed by atoms with Gasteiger partial charge in [0.15, 0.2) is 6.29 Å². The van der Waals surface area contributed by atoms with Crippen LogP contribution in [0, 0.1) is 0 Å². The number of rotatable bonds is 17. The molecule has 3 atom stereocenters. The predicted molar refractivity (Wildman–Crippen MR) is 217 cm³/mol. The number of hydrogen-bond acceptors (Lipinski definition) is 9. The van der Waals surface area contributed by atoms with Crippen molar-refractivity contribution in [2.45, 2.75) is 75.2 Å². The molecular weight excluding hydrogens is 729 g/mol. The highest BCUT2D eigenvalue weighted by Gasteiger charge is 2.32. The number of aliphatic hydroxyl groups is 1. The molecule has 0 aliphatic carbocycles. The lowest BCUT2D eigenvalue weighted by molar-refractivity contribution is -0.245. The maximum absolute atomic E-state index is 12.6. The first kappa shape index (κ1) is 40.1. The fraction of sp³-hybridized carbons (Fsp3) is 0.273. The molecule has 3 unspecified atom stereocenters. The van der Waals surface area contributed by atoms with Crippen LogP contribution in [0.25, 0.3) is 11.1 Å². The fourth-order valence-corrected chi connectivity index (χ4v) is 7.42. The van der Waals surface area contributed by atoms with Crippen LogP contribution in [0.1, 0.15) is 83.5 Å². The van der Waals surface area contributed by atoms with Gasteiger partial charge < -0.3 is 36.1 Å². The molecule has 1 aliphatic rings. The lowest BCUT2D eigenvalue weighted by atomic mass is 9.99. The highest BCUT2D eigenvalue weighted by Crippen LogP contribution is 2.40. The number of nitrogen functional groups attached to an aromatic ring is 1. The quantitative estimate of drug-likeness (QED) is 0.0353. The Morgan fingerprint density at radius 2 is 1.54 bits per heavy atom. The van der Waals surface area contributed by atoms with Gasteiger partial charge in [-0.05, 0) is 71.0 Å². The van der Waals surface area contributed by atoms with Crippen molar-refractivity contribution >= 4 is 40.9 Å². The Hall–Kier alpha value is -5.53. The summed E-state index contributed by atoms with van der Waals surface area (Å²) in [6, 6.07) is 34.0. The number of aromatic nitrogens is 1. The van der Waals surface area contributed by atoms with Crippen LogP contribution in [0.5, 0.6) is 0 Å². The fourth-order valence-electron chi connectivity index (χ4n) is 6.42. The van der Waals surface area contributed by atoms with E-state index < -0.39 is 12.3 Å². The van der Waals surface area contributed by atoms with E-state index in [1.807, 2.05) is 78.9 Å². The zero-order chi connectivity index (χ0) is 39.3. The second-order valence-electron chi connectivity index (χ2n) is 13.6. The van der Waals surface area contributed by atoms with Gasteiger partial charge in [-0.2, -0.15) is 0 Å². The largest absolute Gasteiger partial charge is 0.478 e. The number of carbonyl (C=O) groups excluding carboxylic acids is 2. The number of carboxylic acids is 1. The molecule has 1 saturated heterocycles. The van der Waals surface area contributed by atoms with Crippen molar-refractivity contribution in [3.8, 4) is 11.1 Å². The Morgan fingerprint density at radius 1 is 0.786 bits per heavy atom. The number of nitrogens with one attached hydrogen (secondary N) is 2. The number of para-hydroxylation sites is 2. The second kappa shape index (κ2) is 19.9. The zero-order valence-electron chi connectivity index (χ0n) is 30.9. The van der Waals surface area contributed by atoms with E-state index in [9.17, 15) is 24.6 Å². The van der Waals surface area contributed by atoms with Crippen molar-refractivity contribution in [3.05, 3.63) is 143 Å². The maximum atomic E-state index is 12.6. The monoisotopic (exact) mass is 774 g/mol. The molecule has 4 aromatic carbocycles. The summed E-state index contributed by atoms with van der Waals surface area (Å²) < 4.78 is 13.0. The number of amides is 2. The van der Waals surface area contributed by atoms with Crippen LogP contribution < -0.4 is 16.4 Å². The van der Waals surface area contributed by atoms with Crippen molar-refractivity contribution in [2.24, 2.45) is 0 Å². The number of aromatic carboxylic acids is 1. The Labute approximate surface area is 330 Å². The Kier molecular flexibility index (Phi) is 14.2. The van der Waals surface area contributed by atoms with Gasteiger partial charge in [-0.25, -0.2) is 9.78 Å². The molecule has 0 spiro atoms. The van der Waals surface area contributed by atoms with Crippen molar-refractivity contribution in [2.75, 3.05) is 16.8 Å². The summed E-state index contributed by atoms with van der Waals surface area (Å²) in [6.07, 6.45) is 3.84. The van der Waals surface area contributed by atoms with Crippen LogP contribution >= 0.6 is 11.8 Å². The molecule has 5 aromatic rings. The number of carboxylic acid groups (broad SMARTS) is 1. The number of nitrogens with two attached hydrogens (primary N) is 1. The third kappa shape index (κ3) is 11.3. The summed E-state index contributed by atoms with van der Waals surface area (Å²) in [5, 5.41) is 25.5. The van der Waals surface area contributed by atoms with Gasteiger partial charge in [-0.1, -0.05) is 85.3 Å². The molecule has 11 nitrogen and oxygen atoms in total. The van der Waals surface area contributed by atoms with Gasteiger partial charge in [0, 0.05) is 43.3 Å². The summed E-state index contributed by atoms with van der Waals surface area (Å²) >= 11 is 1.35. The lowest BCUT2D eigenvalue weighted by Crippen LogP contribution is -2.31. The third-order valence-corrected chi connectivity index (χ3v) is 10.6. The topological polar surface area (TPSA) is 173 Å². The van der Waals surface area contributed by atoms with E-state index in [1.54, 1.807) is 30.5 Å². The minimum Gasteiger partial charge on any atom is -0.478 e. The van der Waals surface area contributed by atoms with Gasteiger partial charge in [0.2, 0.25) is 11.8 Å². The van der Waals surface area contributed by atoms with E-state index in [1.165, 1.54) is 11.8 Å². The van der Waals surface area contributed by atoms with Gasteiger partial charge in [-0.3, -0.25) is 9.59 Å². The molecular formula is C44H46N4O7S. The van der Waals surface area contributed by atoms with Crippen LogP contribution in [-0.4, -0.2) is 44.8 Å². The average Bonchev–Trinajstić information content (AvgIpc) is 3.23. The highest BCUT2D eigenvalue weighted by molar-refractivity contribution is 7.99. The summed E-state index contributed by atoms with van der Waals surface area (Å²) in [5.74, 6) is -0.669. The van der Waals surface area contributed by atoms with E-state index in [4.69, 9.17) is 15.2 Å².